The minimum atomic E-state index is -0.866. The molecule has 3 rings (SSSR count). The number of aromatic nitrogens is 2. The van der Waals surface area contributed by atoms with Crippen LogP contribution in [0.3, 0.4) is 0 Å². The van der Waals surface area contributed by atoms with Crippen molar-refractivity contribution in [2.45, 2.75) is 39.4 Å². The van der Waals surface area contributed by atoms with E-state index >= 15 is 0 Å². The van der Waals surface area contributed by atoms with Crippen LogP contribution < -0.4 is 4.74 Å². The summed E-state index contributed by atoms with van der Waals surface area (Å²) in [6.45, 7) is 5.77. The molecule has 3 aromatic rings. The highest BCUT2D eigenvalue weighted by Crippen LogP contribution is 2.22. The van der Waals surface area contributed by atoms with Gasteiger partial charge in [0.1, 0.15) is 5.75 Å². The van der Waals surface area contributed by atoms with E-state index in [1.807, 2.05) is 36.4 Å². The third-order valence-corrected chi connectivity index (χ3v) is 4.04. The van der Waals surface area contributed by atoms with Gasteiger partial charge in [-0.3, -0.25) is 0 Å². The maximum Gasteiger partial charge on any atom is 0.264 e. The first-order chi connectivity index (χ1) is 11.9. The molecular weight excluding hydrogens is 316 g/mol. The first-order valence-electron chi connectivity index (χ1n) is 8.23. The Kier molecular flexibility index (Phi) is 4.86. The largest absolute Gasteiger partial charge is 0.484 e. The van der Waals surface area contributed by atoms with E-state index in [1.165, 1.54) is 11.1 Å². The first-order valence-corrected chi connectivity index (χ1v) is 8.23. The molecule has 0 saturated carbocycles. The van der Waals surface area contributed by atoms with Crippen molar-refractivity contribution in [1.29, 1.82) is 0 Å². The van der Waals surface area contributed by atoms with E-state index in [-0.39, 0.29) is 6.61 Å². The van der Waals surface area contributed by atoms with Crippen molar-refractivity contribution in [3.8, 4) is 5.75 Å². The highest BCUT2D eigenvalue weighted by molar-refractivity contribution is 5.30. The molecule has 130 valence electrons. The summed E-state index contributed by atoms with van der Waals surface area (Å²) in [5, 5.41) is 14.0. The second-order valence-electron chi connectivity index (χ2n) is 6.58. The first kappa shape index (κ1) is 17.2. The lowest BCUT2D eigenvalue weighted by atomic mass is 9.99. The molecule has 0 bridgehead atoms. The van der Waals surface area contributed by atoms with Crippen molar-refractivity contribution in [3.05, 3.63) is 76.9 Å². The number of hydrogen-bond donors (Lipinski definition) is 1. The zero-order chi connectivity index (χ0) is 17.9. The Morgan fingerprint density at radius 3 is 2.48 bits per heavy atom. The molecule has 0 spiro atoms. The Hall–Kier alpha value is -2.66. The molecule has 2 aromatic carbocycles. The molecule has 0 aliphatic rings. The molecule has 0 aliphatic carbocycles. The van der Waals surface area contributed by atoms with Crippen LogP contribution in [0, 0.1) is 6.92 Å². The highest BCUT2D eigenvalue weighted by Gasteiger charge is 2.15. The topological polar surface area (TPSA) is 68.4 Å². The van der Waals surface area contributed by atoms with E-state index in [4.69, 9.17) is 9.26 Å². The van der Waals surface area contributed by atoms with Crippen molar-refractivity contribution in [2.24, 2.45) is 0 Å². The minimum Gasteiger partial charge on any atom is -0.484 e. The van der Waals surface area contributed by atoms with E-state index in [0.717, 1.165) is 5.56 Å². The number of aryl methyl sites for hydroxylation is 1. The zero-order valence-corrected chi connectivity index (χ0v) is 14.7. The maximum absolute atomic E-state index is 9.96. The van der Waals surface area contributed by atoms with Crippen LogP contribution in [0.15, 0.2) is 53.1 Å². The van der Waals surface area contributed by atoms with Crippen molar-refractivity contribution < 1.29 is 14.4 Å². The normalized spacial score (nSPS) is 11.5. The smallest absolute Gasteiger partial charge is 0.264 e. The van der Waals surface area contributed by atoms with E-state index in [1.54, 1.807) is 13.8 Å². The summed E-state index contributed by atoms with van der Waals surface area (Å²) in [6, 6.07) is 15.5. The van der Waals surface area contributed by atoms with Gasteiger partial charge in [0.05, 0.1) is 5.60 Å². The maximum atomic E-state index is 9.96. The molecular formula is C20H22N2O3. The van der Waals surface area contributed by atoms with Crippen LogP contribution in [0.25, 0.3) is 0 Å². The average Bonchev–Trinajstić information content (AvgIpc) is 3.02. The van der Waals surface area contributed by atoms with Crippen molar-refractivity contribution in [1.82, 2.24) is 10.1 Å². The Balaban J connectivity index is 1.59. The van der Waals surface area contributed by atoms with E-state index < -0.39 is 5.60 Å². The van der Waals surface area contributed by atoms with Gasteiger partial charge in [-0.1, -0.05) is 41.6 Å². The van der Waals surface area contributed by atoms with Gasteiger partial charge in [0.15, 0.2) is 12.4 Å². The van der Waals surface area contributed by atoms with Gasteiger partial charge in [0.25, 0.3) is 5.89 Å². The van der Waals surface area contributed by atoms with Crippen LogP contribution in [0.1, 0.15) is 42.3 Å². The summed E-state index contributed by atoms with van der Waals surface area (Å²) in [5.74, 6) is 1.77. The third kappa shape index (κ3) is 4.45. The van der Waals surface area contributed by atoms with Crippen LogP contribution in [-0.2, 0) is 18.6 Å². The van der Waals surface area contributed by atoms with Crippen molar-refractivity contribution in [3.63, 3.8) is 0 Å². The number of ether oxygens (including phenoxy) is 1. The van der Waals surface area contributed by atoms with Gasteiger partial charge in [-0.05, 0) is 49.6 Å². The summed E-state index contributed by atoms with van der Waals surface area (Å²) in [5.41, 5.74) is 2.35. The fourth-order valence-corrected chi connectivity index (χ4v) is 2.50. The predicted octanol–water partition coefficient (Wildman–Crippen LogP) is 3.78. The highest BCUT2D eigenvalue weighted by atomic mass is 16.5. The predicted molar refractivity (Wildman–Crippen MR) is 94.3 cm³/mol. The molecule has 1 heterocycles. The van der Waals surface area contributed by atoms with Crippen LogP contribution >= 0.6 is 0 Å². The summed E-state index contributed by atoms with van der Waals surface area (Å²) in [7, 11) is 0. The molecule has 0 radical (unpaired) electrons. The van der Waals surface area contributed by atoms with Crippen molar-refractivity contribution in [2.75, 3.05) is 0 Å². The fraction of sp³-hybridized carbons (Fsp3) is 0.300. The molecule has 5 heteroatoms. The van der Waals surface area contributed by atoms with Gasteiger partial charge >= 0.3 is 0 Å². The number of aliphatic hydroxyl groups is 1. The van der Waals surface area contributed by atoms with Gasteiger partial charge < -0.3 is 14.4 Å². The van der Waals surface area contributed by atoms with Gasteiger partial charge in [0, 0.05) is 6.42 Å². The summed E-state index contributed by atoms with van der Waals surface area (Å²) >= 11 is 0. The lowest BCUT2D eigenvalue weighted by molar-refractivity contribution is 0.0785. The van der Waals surface area contributed by atoms with Gasteiger partial charge in [-0.15, -0.1) is 0 Å². The van der Waals surface area contributed by atoms with Crippen LogP contribution in [0.2, 0.25) is 0 Å². The van der Waals surface area contributed by atoms with Crippen molar-refractivity contribution >= 4 is 0 Å². The van der Waals surface area contributed by atoms with E-state index in [2.05, 4.69) is 29.2 Å². The second-order valence-corrected chi connectivity index (χ2v) is 6.58. The molecule has 1 aromatic heterocycles. The Morgan fingerprint density at radius 2 is 1.80 bits per heavy atom. The van der Waals surface area contributed by atoms with Gasteiger partial charge in [-0.25, -0.2) is 0 Å². The Bertz CT molecular complexity index is 833. The molecule has 0 atom stereocenters. The molecule has 0 saturated heterocycles. The lowest BCUT2D eigenvalue weighted by Gasteiger charge is -2.17. The number of benzene rings is 2. The zero-order valence-electron chi connectivity index (χ0n) is 14.7. The summed E-state index contributed by atoms with van der Waals surface area (Å²) in [6.07, 6.45) is 0.635. The van der Waals surface area contributed by atoms with E-state index in [9.17, 15) is 5.11 Å². The molecule has 0 unspecified atom stereocenters. The monoisotopic (exact) mass is 338 g/mol. The number of nitrogens with zero attached hydrogens (tertiary/aromatic N) is 2. The lowest BCUT2D eigenvalue weighted by Crippen LogP contribution is -2.14. The van der Waals surface area contributed by atoms with Gasteiger partial charge in [0.2, 0.25) is 0 Å². The second kappa shape index (κ2) is 7.07. The molecule has 0 aliphatic heterocycles. The fourth-order valence-electron chi connectivity index (χ4n) is 2.50. The SMILES string of the molecule is Cc1ccccc1Cc1noc(COc2ccc(C(C)(C)O)cc2)n1. The van der Waals surface area contributed by atoms with Crippen LogP contribution in [-0.4, -0.2) is 15.2 Å². The van der Waals surface area contributed by atoms with Crippen LogP contribution in [0.4, 0.5) is 0 Å². The Labute approximate surface area is 147 Å². The quantitative estimate of drug-likeness (QED) is 0.741. The summed E-state index contributed by atoms with van der Waals surface area (Å²) in [4.78, 5) is 4.38. The Morgan fingerprint density at radius 1 is 1.08 bits per heavy atom. The third-order valence-electron chi connectivity index (χ3n) is 4.04. The number of hydrogen-bond acceptors (Lipinski definition) is 5. The molecule has 25 heavy (non-hydrogen) atoms. The van der Waals surface area contributed by atoms with Gasteiger partial charge in [-0.2, -0.15) is 4.98 Å². The standard InChI is InChI=1S/C20H22N2O3/c1-14-6-4-5-7-15(14)12-18-21-19(25-22-18)13-24-17-10-8-16(9-11-17)20(2,3)23/h4-11,23H,12-13H2,1-3H3. The summed E-state index contributed by atoms with van der Waals surface area (Å²) < 4.78 is 10.9. The number of rotatable bonds is 6. The van der Waals surface area contributed by atoms with Crippen LogP contribution in [0.5, 0.6) is 5.75 Å². The molecule has 0 fully saturated rings. The average molecular weight is 338 g/mol. The van der Waals surface area contributed by atoms with E-state index in [0.29, 0.717) is 23.9 Å². The molecule has 5 nitrogen and oxygen atoms in total. The molecule has 0 amide bonds. The molecule has 1 N–H and O–H groups in total. The minimum absolute atomic E-state index is 0.211.